The molecule has 3 aromatic rings. The maximum atomic E-state index is 14.6. The number of fused-ring (bicyclic) bond motifs is 1. The number of rotatable bonds is 11. The first-order valence-electron chi connectivity index (χ1n) is 12.9. The van der Waals surface area contributed by atoms with Crippen LogP contribution >= 0.6 is 7.75 Å². The van der Waals surface area contributed by atoms with Crippen LogP contribution in [0.3, 0.4) is 0 Å². The lowest BCUT2D eigenvalue weighted by molar-refractivity contribution is -0.193. The Balaban J connectivity index is 1.66. The van der Waals surface area contributed by atoms with Crippen LogP contribution in [0.4, 0.5) is 19.0 Å². The quantitative estimate of drug-likeness (QED) is 0.180. The monoisotopic (exact) mass is 630 g/mol. The molecule has 0 saturated carbocycles. The van der Waals surface area contributed by atoms with Crippen LogP contribution in [0.25, 0.3) is 10.8 Å². The fourth-order valence-corrected chi connectivity index (χ4v) is 5.82. The zero-order chi connectivity index (χ0) is 31.7. The molecule has 2 aromatic carbocycles. The highest BCUT2D eigenvalue weighted by molar-refractivity contribution is 7.52. The van der Waals surface area contributed by atoms with E-state index in [-0.39, 0.29) is 5.75 Å². The molecular weight excluding hydrogens is 600 g/mol. The third-order valence-corrected chi connectivity index (χ3v) is 8.12. The van der Waals surface area contributed by atoms with Gasteiger partial charge in [-0.1, -0.05) is 30.3 Å². The molecule has 234 valence electrons. The van der Waals surface area contributed by atoms with E-state index in [9.17, 15) is 37.5 Å². The number of carbonyl (C=O) groups excluding carboxylic acids is 1. The van der Waals surface area contributed by atoms with E-state index in [1.807, 2.05) is 0 Å². The molecule has 1 unspecified atom stereocenters. The molecule has 1 aliphatic rings. The van der Waals surface area contributed by atoms with Gasteiger partial charge in [-0.15, -0.1) is 0 Å². The molecule has 0 spiro atoms. The molecule has 13 nitrogen and oxygen atoms in total. The molecule has 6 atom stereocenters. The van der Waals surface area contributed by atoms with E-state index in [0.717, 1.165) is 5.39 Å². The van der Waals surface area contributed by atoms with Crippen LogP contribution in [-0.2, 0) is 23.4 Å². The van der Waals surface area contributed by atoms with Gasteiger partial charge in [0.1, 0.15) is 24.0 Å². The van der Waals surface area contributed by atoms with Gasteiger partial charge < -0.3 is 29.9 Å². The molecule has 17 heteroatoms. The van der Waals surface area contributed by atoms with Crippen LogP contribution in [0, 0.1) is 5.82 Å². The number of halogens is 3. The lowest BCUT2D eigenvalue weighted by Gasteiger charge is -2.32. The van der Waals surface area contributed by atoms with Crippen LogP contribution in [-0.4, -0.2) is 68.7 Å². The molecule has 0 bridgehead atoms. The summed E-state index contributed by atoms with van der Waals surface area (Å²) in [5, 5.41) is 25.0. The normalized spacial score (nSPS) is 24.3. The predicted molar refractivity (Wildman–Crippen MR) is 146 cm³/mol. The van der Waals surface area contributed by atoms with Gasteiger partial charge in [0.2, 0.25) is 0 Å². The van der Waals surface area contributed by atoms with E-state index >= 15 is 0 Å². The summed E-state index contributed by atoms with van der Waals surface area (Å²) in [6.45, 7) is 3.02. The summed E-state index contributed by atoms with van der Waals surface area (Å²) in [7, 11) is -4.78. The molecule has 0 radical (unpaired) electrons. The number of alkyl halides is 2. The SMILES string of the molecule is CC(C)OC(=O)[C@H](C)NP(=O)(OC[C@@]1(C(F)F)O[C@@H](n2cc(F)c(N)nc2=O)[C@H](O)[C@@H]1O)Oc1ccc2ccccc2c1. The number of carbonyl (C=O) groups is 1. The minimum atomic E-state index is -4.78. The maximum absolute atomic E-state index is 14.6. The Morgan fingerprint density at radius 1 is 1.21 bits per heavy atom. The second-order valence-corrected chi connectivity index (χ2v) is 11.8. The van der Waals surface area contributed by atoms with E-state index in [1.165, 1.54) is 19.1 Å². The van der Waals surface area contributed by atoms with E-state index in [1.54, 1.807) is 44.2 Å². The van der Waals surface area contributed by atoms with Gasteiger partial charge in [-0.25, -0.2) is 22.5 Å². The molecule has 1 aliphatic heterocycles. The minimum absolute atomic E-state index is 0.0363. The average Bonchev–Trinajstić information content (AvgIpc) is 3.19. The van der Waals surface area contributed by atoms with Crippen molar-refractivity contribution in [1.29, 1.82) is 0 Å². The van der Waals surface area contributed by atoms with Gasteiger partial charge in [0.05, 0.1) is 18.9 Å². The van der Waals surface area contributed by atoms with Gasteiger partial charge in [-0.05, 0) is 43.7 Å². The fraction of sp³-hybridized carbons (Fsp3) is 0.423. The van der Waals surface area contributed by atoms with Crippen molar-refractivity contribution in [1.82, 2.24) is 14.6 Å². The first kappa shape index (κ1) is 32.4. The lowest BCUT2D eigenvalue weighted by Crippen LogP contribution is -2.53. The standard InChI is InChI=1S/C26H30F3N4O9P/c1-13(2)40-23(36)14(3)32-43(38,42-17-9-8-15-6-4-5-7-16(15)10-17)39-12-26(24(28)29)20(35)19(34)22(41-26)33-11-18(27)21(30)31-25(33)37/h4-11,13-14,19-20,22,24,34-35H,12H2,1-3H3,(H,32,38)(H2,30,31,37)/t14-,19+,20-,22+,26+,43?/m0/s1. The smallest absolute Gasteiger partial charge is 0.459 e. The molecule has 5 N–H and O–H groups in total. The summed E-state index contributed by atoms with van der Waals surface area (Å²) in [5.74, 6) is -2.92. The lowest BCUT2D eigenvalue weighted by atomic mass is 9.96. The number of ether oxygens (including phenoxy) is 2. The zero-order valence-corrected chi connectivity index (χ0v) is 24.0. The number of esters is 1. The summed E-state index contributed by atoms with van der Waals surface area (Å²) < 4.78 is 78.7. The molecule has 2 heterocycles. The van der Waals surface area contributed by atoms with Crippen LogP contribution in [0.2, 0.25) is 0 Å². The molecular formula is C26H30F3N4O9P. The molecule has 1 fully saturated rings. The summed E-state index contributed by atoms with van der Waals surface area (Å²) >= 11 is 0. The van der Waals surface area contributed by atoms with Crippen LogP contribution < -0.4 is 21.0 Å². The first-order chi connectivity index (χ1) is 20.2. The highest BCUT2D eigenvalue weighted by Gasteiger charge is 2.61. The number of aliphatic hydroxyl groups is 2. The molecule has 4 rings (SSSR count). The third kappa shape index (κ3) is 6.84. The van der Waals surface area contributed by atoms with E-state index in [2.05, 4.69) is 10.1 Å². The summed E-state index contributed by atoms with van der Waals surface area (Å²) in [4.78, 5) is 27.9. The molecule has 43 heavy (non-hydrogen) atoms. The molecule has 0 aliphatic carbocycles. The number of hydrogen-bond acceptors (Lipinski definition) is 11. The zero-order valence-electron chi connectivity index (χ0n) is 23.1. The van der Waals surface area contributed by atoms with Gasteiger partial charge in [-0.3, -0.25) is 13.9 Å². The second-order valence-electron chi connectivity index (χ2n) is 10.1. The summed E-state index contributed by atoms with van der Waals surface area (Å²) in [6.07, 6.45) is -10.5. The highest BCUT2D eigenvalue weighted by atomic mass is 31.2. The topological polar surface area (TPSA) is 184 Å². The van der Waals surface area contributed by atoms with Crippen molar-refractivity contribution < 1.29 is 51.3 Å². The molecule has 1 aromatic heterocycles. The van der Waals surface area contributed by atoms with Crippen molar-refractivity contribution in [3.05, 3.63) is 65.0 Å². The predicted octanol–water partition coefficient (Wildman–Crippen LogP) is 2.51. The number of nitrogen functional groups attached to an aromatic ring is 1. The maximum Gasteiger partial charge on any atom is 0.459 e. The molecule has 1 saturated heterocycles. The fourth-order valence-electron chi connectivity index (χ4n) is 4.30. The number of aromatic nitrogens is 2. The van der Waals surface area contributed by atoms with Crippen LogP contribution in [0.5, 0.6) is 5.75 Å². The van der Waals surface area contributed by atoms with Crippen LogP contribution in [0.15, 0.2) is 53.5 Å². The Morgan fingerprint density at radius 2 is 1.88 bits per heavy atom. The first-order valence-corrected chi connectivity index (χ1v) is 14.5. The number of nitrogens with one attached hydrogen (secondary N) is 1. The van der Waals surface area contributed by atoms with Gasteiger partial charge in [0.15, 0.2) is 23.5 Å². The Labute approximate surface area is 242 Å². The van der Waals surface area contributed by atoms with E-state index in [4.69, 9.17) is 24.3 Å². The molecule has 0 amide bonds. The Morgan fingerprint density at radius 3 is 2.53 bits per heavy atom. The van der Waals surface area contributed by atoms with Crippen molar-refractivity contribution in [3.8, 4) is 5.75 Å². The number of benzene rings is 2. The van der Waals surface area contributed by atoms with Gasteiger partial charge in [0.25, 0.3) is 6.43 Å². The number of anilines is 1. The van der Waals surface area contributed by atoms with Crippen molar-refractivity contribution >= 4 is 30.3 Å². The Kier molecular flexibility index (Phi) is 9.49. The summed E-state index contributed by atoms with van der Waals surface area (Å²) in [6, 6.07) is 10.3. The number of hydrogen-bond donors (Lipinski definition) is 4. The third-order valence-electron chi connectivity index (χ3n) is 6.50. The van der Waals surface area contributed by atoms with Crippen molar-refractivity contribution in [2.45, 2.75) is 63.4 Å². The average molecular weight is 631 g/mol. The number of nitrogens with two attached hydrogens (primary N) is 1. The van der Waals surface area contributed by atoms with Crippen molar-refractivity contribution in [2.24, 2.45) is 0 Å². The largest absolute Gasteiger partial charge is 0.462 e. The summed E-state index contributed by atoms with van der Waals surface area (Å²) in [5.41, 5.74) is 0.861. The van der Waals surface area contributed by atoms with Crippen molar-refractivity contribution in [3.63, 3.8) is 0 Å². The minimum Gasteiger partial charge on any atom is -0.462 e. The van der Waals surface area contributed by atoms with Gasteiger partial charge >= 0.3 is 19.4 Å². The van der Waals surface area contributed by atoms with E-state index < -0.39 is 80.3 Å². The van der Waals surface area contributed by atoms with Gasteiger partial charge in [-0.2, -0.15) is 10.1 Å². The van der Waals surface area contributed by atoms with E-state index in [0.29, 0.717) is 16.2 Å². The van der Waals surface area contributed by atoms with Crippen molar-refractivity contribution in [2.75, 3.05) is 12.3 Å². The second kappa shape index (κ2) is 12.6. The van der Waals surface area contributed by atoms with Gasteiger partial charge in [0, 0.05) is 0 Å². The highest BCUT2D eigenvalue weighted by Crippen LogP contribution is 2.49. The Bertz CT molecular complexity index is 1590. The number of aliphatic hydroxyl groups excluding tert-OH is 2. The van der Waals surface area contributed by atoms with Crippen LogP contribution in [0.1, 0.15) is 27.0 Å². The number of nitrogens with zero attached hydrogens (tertiary/aromatic N) is 2. The Hall–Kier alpha value is -3.53.